The van der Waals surface area contributed by atoms with Crippen LogP contribution in [0.4, 0.5) is 5.82 Å². The summed E-state index contributed by atoms with van der Waals surface area (Å²) in [6.45, 7) is 6.23. The fourth-order valence-corrected chi connectivity index (χ4v) is 2.65. The van der Waals surface area contributed by atoms with E-state index < -0.39 is 0 Å². The van der Waals surface area contributed by atoms with Crippen molar-refractivity contribution in [3.63, 3.8) is 0 Å². The molecule has 0 aliphatic rings. The number of anilines is 1. The first kappa shape index (κ1) is 15.6. The molecule has 2 N–H and O–H groups in total. The molecule has 0 spiro atoms. The van der Waals surface area contributed by atoms with Crippen LogP contribution in [0.5, 0.6) is 0 Å². The van der Waals surface area contributed by atoms with E-state index in [1.54, 1.807) is 11.8 Å². The maximum Gasteiger partial charge on any atom is 0.226 e. The third kappa shape index (κ3) is 4.93. The number of nitrogens with zero attached hydrogens (tertiary/aromatic N) is 1. The average Bonchev–Trinajstić information content (AvgIpc) is 2.90. The lowest BCUT2D eigenvalue weighted by Crippen LogP contribution is -2.12. The number of hydrogen-bond donors (Lipinski definition) is 2. The molecule has 0 saturated carbocycles. The van der Waals surface area contributed by atoms with E-state index in [0.717, 1.165) is 11.4 Å². The predicted molar refractivity (Wildman–Crippen MR) is 87.8 cm³/mol. The lowest BCUT2D eigenvalue weighted by molar-refractivity contribution is -0.115. The Morgan fingerprint density at radius 1 is 1.33 bits per heavy atom. The third-order valence-corrected chi connectivity index (χ3v) is 4.12. The van der Waals surface area contributed by atoms with Crippen molar-refractivity contribution in [1.29, 1.82) is 0 Å². The van der Waals surface area contributed by atoms with Crippen molar-refractivity contribution in [2.45, 2.75) is 38.0 Å². The van der Waals surface area contributed by atoms with Gasteiger partial charge in [-0.25, -0.2) is 0 Å². The Balaban J connectivity index is 1.75. The highest BCUT2D eigenvalue weighted by Crippen LogP contribution is 2.19. The highest BCUT2D eigenvalue weighted by molar-refractivity contribution is 7.99. The number of rotatable bonds is 6. The molecule has 1 aromatic heterocycles. The molecule has 1 aromatic carbocycles. The third-order valence-electron chi connectivity index (χ3n) is 3.11. The highest BCUT2D eigenvalue weighted by atomic mass is 32.2. The van der Waals surface area contributed by atoms with Gasteiger partial charge in [-0.15, -0.1) is 11.8 Å². The first-order valence-electron chi connectivity index (χ1n) is 7.09. The molecule has 0 saturated heterocycles. The number of H-pyrrole nitrogens is 1. The maximum atomic E-state index is 11.9. The standard InChI is InChI=1S/C16H21N3OS/c1-11(2)14-10-15(19-18-14)17-16(20)8-9-21-13-6-4-12(3)5-7-13/h4-7,10-11H,8-9H2,1-3H3,(H2,17,18,19,20). The van der Waals surface area contributed by atoms with Crippen molar-refractivity contribution in [2.24, 2.45) is 0 Å². The highest BCUT2D eigenvalue weighted by Gasteiger charge is 2.08. The quantitative estimate of drug-likeness (QED) is 0.794. The zero-order chi connectivity index (χ0) is 15.2. The first-order chi connectivity index (χ1) is 10.0. The molecule has 5 heteroatoms. The summed E-state index contributed by atoms with van der Waals surface area (Å²) >= 11 is 1.69. The van der Waals surface area contributed by atoms with Crippen LogP contribution in [0, 0.1) is 6.92 Å². The molecule has 2 aromatic rings. The summed E-state index contributed by atoms with van der Waals surface area (Å²) in [5.74, 6) is 1.73. The van der Waals surface area contributed by atoms with Gasteiger partial charge in [-0.3, -0.25) is 9.89 Å². The fraction of sp³-hybridized carbons (Fsp3) is 0.375. The molecule has 0 fully saturated rings. The summed E-state index contributed by atoms with van der Waals surface area (Å²) in [4.78, 5) is 13.0. The van der Waals surface area contributed by atoms with Gasteiger partial charge in [0, 0.05) is 28.8 Å². The number of benzene rings is 1. The van der Waals surface area contributed by atoms with Gasteiger partial charge in [0.15, 0.2) is 5.82 Å². The van der Waals surface area contributed by atoms with Crippen molar-refractivity contribution >= 4 is 23.5 Å². The summed E-state index contributed by atoms with van der Waals surface area (Å²) in [5, 5.41) is 9.84. The van der Waals surface area contributed by atoms with E-state index in [9.17, 15) is 4.79 Å². The number of thioether (sulfide) groups is 1. The molecule has 112 valence electrons. The molecule has 2 rings (SSSR count). The van der Waals surface area contributed by atoms with Crippen molar-refractivity contribution < 1.29 is 4.79 Å². The number of aromatic amines is 1. The summed E-state index contributed by atoms with van der Waals surface area (Å²) in [5.41, 5.74) is 2.27. The van der Waals surface area contributed by atoms with Gasteiger partial charge in [0.1, 0.15) is 0 Å². The second-order valence-electron chi connectivity index (χ2n) is 5.32. The van der Waals surface area contributed by atoms with Crippen molar-refractivity contribution in [3.8, 4) is 0 Å². The van der Waals surface area contributed by atoms with Gasteiger partial charge in [-0.2, -0.15) is 5.10 Å². The number of aromatic nitrogens is 2. The smallest absolute Gasteiger partial charge is 0.226 e. The number of carbonyl (C=O) groups excluding carboxylic acids is 1. The van der Waals surface area contributed by atoms with Crippen molar-refractivity contribution in [1.82, 2.24) is 10.2 Å². The first-order valence-corrected chi connectivity index (χ1v) is 8.08. The summed E-state index contributed by atoms with van der Waals surface area (Å²) in [6.07, 6.45) is 0.475. The summed E-state index contributed by atoms with van der Waals surface area (Å²) in [6, 6.07) is 10.2. The van der Waals surface area contributed by atoms with Crippen LogP contribution in [0.25, 0.3) is 0 Å². The Bertz CT molecular complexity index is 590. The average molecular weight is 303 g/mol. The number of amides is 1. The molecule has 0 aliphatic carbocycles. The summed E-state index contributed by atoms with van der Waals surface area (Å²) < 4.78 is 0. The zero-order valence-corrected chi connectivity index (χ0v) is 13.5. The second-order valence-corrected chi connectivity index (χ2v) is 6.49. The van der Waals surface area contributed by atoms with Crippen LogP contribution in [0.3, 0.4) is 0 Å². The van der Waals surface area contributed by atoms with E-state index in [4.69, 9.17) is 0 Å². The van der Waals surface area contributed by atoms with Gasteiger partial charge >= 0.3 is 0 Å². The number of carbonyl (C=O) groups is 1. The molecule has 0 aliphatic heterocycles. The Morgan fingerprint density at radius 3 is 2.67 bits per heavy atom. The number of hydrogen-bond acceptors (Lipinski definition) is 3. The molecule has 0 radical (unpaired) electrons. The molecular weight excluding hydrogens is 282 g/mol. The van der Waals surface area contributed by atoms with Crippen LogP contribution in [-0.2, 0) is 4.79 Å². The van der Waals surface area contributed by atoms with Gasteiger partial charge in [-0.05, 0) is 25.0 Å². The Kier molecular flexibility index (Phi) is 5.44. The SMILES string of the molecule is Cc1ccc(SCCC(=O)Nc2cc(C(C)C)[nH]n2)cc1. The van der Waals surface area contributed by atoms with E-state index in [2.05, 4.69) is 60.6 Å². The van der Waals surface area contributed by atoms with E-state index in [1.807, 2.05) is 6.07 Å². The maximum absolute atomic E-state index is 11.9. The van der Waals surface area contributed by atoms with Gasteiger partial charge in [0.25, 0.3) is 0 Å². The molecule has 0 bridgehead atoms. The minimum absolute atomic E-state index is 0.00332. The van der Waals surface area contributed by atoms with Crippen LogP contribution < -0.4 is 5.32 Å². The van der Waals surface area contributed by atoms with Gasteiger partial charge in [-0.1, -0.05) is 31.5 Å². The van der Waals surface area contributed by atoms with Gasteiger partial charge in [0.2, 0.25) is 5.91 Å². The minimum Gasteiger partial charge on any atom is -0.309 e. The largest absolute Gasteiger partial charge is 0.309 e. The minimum atomic E-state index is -0.00332. The zero-order valence-electron chi connectivity index (χ0n) is 12.6. The van der Waals surface area contributed by atoms with Crippen LogP contribution in [0.15, 0.2) is 35.2 Å². The Morgan fingerprint density at radius 2 is 2.05 bits per heavy atom. The topological polar surface area (TPSA) is 57.8 Å². The predicted octanol–water partition coefficient (Wildman–Crippen LogP) is 3.96. The Labute approximate surface area is 129 Å². The lowest BCUT2D eigenvalue weighted by atomic mass is 10.1. The van der Waals surface area contributed by atoms with E-state index in [-0.39, 0.29) is 5.91 Å². The fourth-order valence-electron chi connectivity index (χ4n) is 1.80. The molecule has 1 heterocycles. The lowest BCUT2D eigenvalue weighted by Gasteiger charge is -2.03. The number of aryl methyl sites for hydroxylation is 1. The molecular formula is C16H21N3OS. The van der Waals surface area contributed by atoms with Crippen molar-refractivity contribution in [3.05, 3.63) is 41.6 Å². The second kappa shape index (κ2) is 7.31. The molecule has 21 heavy (non-hydrogen) atoms. The molecule has 0 atom stereocenters. The van der Waals surface area contributed by atoms with Crippen LogP contribution in [0.1, 0.15) is 37.4 Å². The van der Waals surface area contributed by atoms with Crippen LogP contribution >= 0.6 is 11.8 Å². The molecule has 0 unspecified atom stereocenters. The van der Waals surface area contributed by atoms with E-state index >= 15 is 0 Å². The normalized spacial score (nSPS) is 10.9. The molecule has 1 amide bonds. The van der Waals surface area contributed by atoms with Crippen molar-refractivity contribution in [2.75, 3.05) is 11.1 Å². The van der Waals surface area contributed by atoms with Gasteiger partial charge < -0.3 is 5.32 Å². The molecule has 4 nitrogen and oxygen atoms in total. The number of nitrogens with one attached hydrogen (secondary N) is 2. The van der Waals surface area contributed by atoms with E-state index in [1.165, 1.54) is 10.5 Å². The van der Waals surface area contributed by atoms with E-state index in [0.29, 0.717) is 18.2 Å². The summed E-state index contributed by atoms with van der Waals surface area (Å²) in [7, 11) is 0. The monoisotopic (exact) mass is 303 g/mol. The van der Waals surface area contributed by atoms with Gasteiger partial charge in [0.05, 0.1) is 0 Å². The Hall–Kier alpha value is -1.75. The van der Waals surface area contributed by atoms with Crippen LogP contribution in [-0.4, -0.2) is 21.9 Å². The van der Waals surface area contributed by atoms with Crippen LogP contribution in [0.2, 0.25) is 0 Å².